The van der Waals surface area contributed by atoms with Crippen molar-refractivity contribution in [1.29, 1.82) is 0 Å². The van der Waals surface area contributed by atoms with Gasteiger partial charge in [0.1, 0.15) is 5.82 Å². The zero-order valence-corrected chi connectivity index (χ0v) is 11.2. The second-order valence-corrected chi connectivity index (χ2v) is 4.42. The van der Waals surface area contributed by atoms with E-state index in [2.05, 4.69) is 5.32 Å². The molecule has 5 heteroatoms. The molecule has 1 aliphatic heterocycles. The molecule has 1 fully saturated rings. The zero-order chi connectivity index (χ0) is 12.3. The van der Waals surface area contributed by atoms with Crippen LogP contribution in [-0.2, 0) is 4.79 Å². The summed E-state index contributed by atoms with van der Waals surface area (Å²) in [4.78, 5) is 13.8. The number of anilines is 1. The van der Waals surface area contributed by atoms with Crippen molar-refractivity contribution in [2.45, 2.75) is 12.8 Å². The molecular formula is C13H18ClFN2O. The summed E-state index contributed by atoms with van der Waals surface area (Å²) >= 11 is 0. The standard InChI is InChI=1S/C13H17FN2O.ClH/c1-16(12-6-4-11(14)5-7-12)13(17)10-3-2-8-15-9-10;/h4-7,10,15H,2-3,8-9H2,1H3;1H. The predicted octanol–water partition coefficient (Wildman–Crippen LogP) is 2.21. The van der Waals surface area contributed by atoms with E-state index in [0.29, 0.717) is 0 Å². The first-order valence-corrected chi connectivity index (χ1v) is 5.92. The summed E-state index contributed by atoms with van der Waals surface area (Å²) in [5.74, 6) is -0.142. The van der Waals surface area contributed by atoms with Crippen molar-refractivity contribution in [3.8, 4) is 0 Å². The monoisotopic (exact) mass is 272 g/mol. The van der Waals surface area contributed by atoms with E-state index in [1.54, 1.807) is 24.1 Å². The first-order valence-electron chi connectivity index (χ1n) is 5.92. The molecule has 0 bridgehead atoms. The molecule has 18 heavy (non-hydrogen) atoms. The number of carbonyl (C=O) groups is 1. The minimum Gasteiger partial charge on any atom is -0.316 e. The summed E-state index contributed by atoms with van der Waals surface area (Å²) in [6.45, 7) is 1.73. The van der Waals surface area contributed by atoms with Gasteiger partial charge in [-0.05, 0) is 43.7 Å². The molecule has 1 N–H and O–H groups in total. The number of hydrogen-bond donors (Lipinski definition) is 1. The van der Waals surface area contributed by atoms with E-state index in [1.807, 2.05) is 0 Å². The van der Waals surface area contributed by atoms with Crippen LogP contribution in [0.4, 0.5) is 10.1 Å². The second kappa shape index (κ2) is 6.71. The number of halogens is 2. The predicted molar refractivity (Wildman–Crippen MR) is 72.7 cm³/mol. The van der Waals surface area contributed by atoms with Gasteiger partial charge >= 0.3 is 0 Å². The van der Waals surface area contributed by atoms with Gasteiger partial charge in [0.15, 0.2) is 0 Å². The summed E-state index contributed by atoms with van der Waals surface area (Å²) in [5, 5.41) is 3.22. The third-order valence-corrected chi connectivity index (χ3v) is 3.19. The molecule has 1 aromatic rings. The van der Waals surface area contributed by atoms with Crippen molar-refractivity contribution in [1.82, 2.24) is 5.32 Å². The molecule has 0 aromatic heterocycles. The second-order valence-electron chi connectivity index (χ2n) is 4.42. The molecule has 0 saturated carbocycles. The van der Waals surface area contributed by atoms with Gasteiger partial charge in [0.25, 0.3) is 0 Å². The van der Waals surface area contributed by atoms with Crippen LogP contribution in [0.1, 0.15) is 12.8 Å². The highest BCUT2D eigenvalue weighted by molar-refractivity contribution is 5.94. The van der Waals surface area contributed by atoms with Gasteiger partial charge in [-0.1, -0.05) is 0 Å². The number of nitrogens with one attached hydrogen (secondary N) is 1. The largest absolute Gasteiger partial charge is 0.316 e. The smallest absolute Gasteiger partial charge is 0.231 e. The lowest BCUT2D eigenvalue weighted by Gasteiger charge is -2.27. The Morgan fingerprint density at radius 1 is 1.39 bits per heavy atom. The molecular weight excluding hydrogens is 255 g/mol. The lowest BCUT2D eigenvalue weighted by atomic mass is 9.98. The van der Waals surface area contributed by atoms with Crippen LogP contribution in [0.15, 0.2) is 24.3 Å². The van der Waals surface area contributed by atoms with Crippen LogP contribution in [0.5, 0.6) is 0 Å². The van der Waals surface area contributed by atoms with Gasteiger partial charge in [0.05, 0.1) is 5.92 Å². The minimum absolute atomic E-state index is 0. The van der Waals surface area contributed by atoms with Crippen molar-refractivity contribution in [2.75, 3.05) is 25.0 Å². The Morgan fingerprint density at radius 2 is 2.06 bits per heavy atom. The van der Waals surface area contributed by atoms with E-state index >= 15 is 0 Å². The van der Waals surface area contributed by atoms with Crippen molar-refractivity contribution in [3.63, 3.8) is 0 Å². The summed E-state index contributed by atoms with van der Waals surface area (Å²) in [7, 11) is 1.74. The van der Waals surface area contributed by atoms with Gasteiger partial charge in [-0.15, -0.1) is 12.4 Å². The number of amides is 1. The van der Waals surface area contributed by atoms with Gasteiger partial charge in [-0.2, -0.15) is 0 Å². The van der Waals surface area contributed by atoms with E-state index < -0.39 is 0 Å². The third kappa shape index (κ3) is 3.43. The topological polar surface area (TPSA) is 32.3 Å². The SMILES string of the molecule is CN(C(=O)C1CCCNC1)c1ccc(F)cc1.Cl. The van der Waals surface area contributed by atoms with Crippen molar-refractivity contribution < 1.29 is 9.18 Å². The Hall–Kier alpha value is -1.13. The molecule has 1 aromatic carbocycles. The summed E-state index contributed by atoms with van der Waals surface area (Å²) in [6, 6.07) is 6.00. The zero-order valence-electron chi connectivity index (χ0n) is 10.4. The number of rotatable bonds is 2. The molecule has 100 valence electrons. The Bertz CT molecular complexity index is 390. The molecule has 1 saturated heterocycles. The van der Waals surface area contributed by atoms with Crippen molar-refractivity contribution in [3.05, 3.63) is 30.1 Å². The average molecular weight is 273 g/mol. The molecule has 1 unspecified atom stereocenters. The van der Waals surface area contributed by atoms with Crippen LogP contribution in [0.2, 0.25) is 0 Å². The molecule has 1 heterocycles. The maximum absolute atomic E-state index is 12.8. The summed E-state index contributed by atoms with van der Waals surface area (Å²) < 4.78 is 12.8. The first-order chi connectivity index (χ1) is 8.18. The van der Waals surface area contributed by atoms with Gasteiger partial charge in [0, 0.05) is 19.3 Å². The van der Waals surface area contributed by atoms with Gasteiger partial charge in [-0.25, -0.2) is 4.39 Å². The van der Waals surface area contributed by atoms with E-state index in [4.69, 9.17) is 0 Å². The highest BCUT2D eigenvalue weighted by Crippen LogP contribution is 2.19. The highest BCUT2D eigenvalue weighted by atomic mass is 35.5. The fraction of sp³-hybridized carbons (Fsp3) is 0.462. The van der Waals surface area contributed by atoms with Crippen LogP contribution in [-0.4, -0.2) is 26.0 Å². The fourth-order valence-corrected chi connectivity index (χ4v) is 2.13. The molecule has 0 spiro atoms. The molecule has 1 amide bonds. The Morgan fingerprint density at radius 3 is 2.61 bits per heavy atom. The summed E-state index contributed by atoms with van der Waals surface area (Å²) in [5.41, 5.74) is 0.738. The van der Waals surface area contributed by atoms with Crippen molar-refractivity contribution >= 4 is 24.0 Å². The highest BCUT2D eigenvalue weighted by Gasteiger charge is 2.24. The van der Waals surface area contributed by atoms with E-state index in [1.165, 1.54) is 12.1 Å². The number of carbonyl (C=O) groups excluding carboxylic acids is 1. The van der Waals surface area contributed by atoms with E-state index in [9.17, 15) is 9.18 Å². The Balaban J connectivity index is 0.00000162. The molecule has 0 radical (unpaired) electrons. The quantitative estimate of drug-likeness (QED) is 0.895. The van der Waals surface area contributed by atoms with Crippen LogP contribution in [0.25, 0.3) is 0 Å². The van der Waals surface area contributed by atoms with Gasteiger partial charge in [-0.3, -0.25) is 4.79 Å². The molecule has 2 rings (SSSR count). The van der Waals surface area contributed by atoms with Crippen LogP contribution < -0.4 is 10.2 Å². The third-order valence-electron chi connectivity index (χ3n) is 3.19. The number of piperidine rings is 1. The van der Waals surface area contributed by atoms with Gasteiger partial charge in [0.2, 0.25) is 5.91 Å². The number of hydrogen-bond acceptors (Lipinski definition) is 2. The Kier molecular flexibility index (Phi) is 5.56. The molecule has 3 nitrogen and oxygen atoms in total. The Labute approximate surface area is 113 Å². The maximum Gasteiger partial charge on any atom is 0.231 e. The van der Waals surface area contributed by atoms with E-state index in [0.717, 1.165) is 31.6 Å². The lowest BCUT2D eigenvalue weighted by molar-refractivity contribution is -0.122. The van der Waals surface area contributed by atoms with Crippen LogP contribution >= 0.6 is 12.4 Å². The van der Waals surface area contributed by atoms with Crippen LogP contribution in [0.3, 0.4) is 0 Å². The molecule has 1 aliphatic rings. The molecule has 0 aliphatic carbocycles. The normalized spacial score (nSPS) is 18.9. The first kappa shape index (κ1) is 14.9. The van der Waals surface area contributed by atoms with Gasteiger partial charge < -0.3 is 10.2 Å². The number of nitrogens with zero attached hydrogens (tertiary/aromatic N) is 1. The fourth-order valence-electron chi connectivity index (χ4n) is 2.13. The molecule has 1 atom stereocenters. The van der Waals surface area contributed by atoms with Crippen LogP contribution in [0, 0.1) is 11.7 Å². The lowest BCUT2D eigenvalue weighted by Crippen LogP contribution is -2.41. The number of benzene rings is 1. The van der Waals surface area contributed by atoms with E-state index in [-0.39, 0.29) is 30.0 Å². The minimum atomic E-state index is -0.283. The average Bonchev–Trinajstić information content (AvgIpc) is 2.39. The summed E-state index contributed by atoms with van der Waals surface area (Å²) in [6.07, 6.45) is 1.96. The van der Waals surface area contributed by atoms with Crippen molar-refractivity contribution in [2.24, 2.45) is 5.92 Å². The maximum atomic E-state index is 12.8.